The Bertz CT molecular complexity index is 572. The highest BCUT2D eigenvalue weighted by Crippen LogP contribution is 2.21. The van der Waals surface area contributed by atoms with Gasteiger partial charge in [-0.3, -0.25) is 4.79 Å². The van der Waals surface area contributed by atoms with Crippen LogP contribution in [0.15, 0.2) is 30.5 Å². The van der Waals surface area contributed by atoms with E-state index in [1.165, 1.54) is 0 Å². The predicted molar refractivity (Wildman–Crippen MR) is 62.7 cm³/mol. The zero-order valence-corrected chi connectivity index (χ0v) is 9.06. The Morgan fingerprint density at radius 1 is 1.41 bits per heavy atom. The minimum atomic E-state index is -1.37. The minimum absolute atomic E-state index is 0.0591. The van der Waals surface area contributed by atoms with E-state index in [4.69, 9.17) is 4.74 Å². The third kappa shape index (κ3) is 1.69. The quantitative estimate of drug-likeness (QED) is 0.719. The summed E-state index contributed by atoms with van der Waals surface area (Å²) in [5.74, 6) is -0.422. The maximum Gasteiger partial charge on any atom is 0.261 e. The van der Waals surface area contributed by atoms with Crippen molar-refractivity contribution in [2.75, 3.05) is 18.5 Å². The van der Waals surface area contributed by atoms with Crippen molar-refractivity contribution in [2.45, 2.75) is 5.60 Å². The number of hydrogen-bond acceptors (Lipinski definition) is 3. The fourth-order valence-corrected chi connectivity index (χ4v) is 1.80. The topological polar surface area (TPSA) is 74.4 Å². The number of anilines is 1. The van der Waals surface area contributed by atoms with Crippen LogP contribution in [-0.2, 0) is 9.53 Å². The summed E-state index contributed by atoms with van der Waals surface area (Å²) >= 11 is 0. The molecule has 1 fully saturated rings. The first kappa shape index (κ1) is 10.3. The summed E-state index contributed by atoms with van der Waals surface area (Å²) < 4.78 is 4.84. The summed E-state index contributed by atoms with van der Waals surface area (Å²) in [6.07, 6.45) is 1.84. The van der Waals surface area contributed by atoms with E-state index in [-0.39, 0.29) is 13.2 Å². The van der Waals surface area contributed by atoms with E-state index in [0.29, 0.717) is 5.69 Å². The lowest BCUT2D eigenvalue weighted by Gasteiger charge is -2.34. The van der Waals surface area contributed by atoms with Gasteiger partial charge in [0.25, 0.3) is 5.91 Å². The number of H-pyrrole nitrogens is 1. The number of amides is 1. The lowest BCUT2D eigenvalue weighted by atomic mass is 10.0. The van der Waals surface area contributed by atoms with Crippen LogP contribution >= 0.6 is 0 Å². The summed E-state index contributed by atoms with van der Waals surface area (Å²) in [4.78, 5) is 14.8. The largest absolute Gasteiger partial charge is 0.376 e. The molecule has 3 N–H and O–H groups in total. The second-order valence-corrected chi connectivity index (χ2v) is 4.26. The fraction of sp³-hybridized carbons (Fsp3) is 0.250. The molecule has 1 aromatic heterocycles. The van der Waals surface area contributed by atoms with Crippen molar-refractivity contribution in [2.24, 2.45) is 0 Å². The highest BCUT2D eigenvalue weighted by Gasteiger charge is 2.43. The van der Waals surface area contributed by atoms with Crippen molar-refractivity contribution in [3.05, 3.63) is 30.5 Å². The molecular weight excluding hydrogens is 220 g/mol. The Morgan fingerprint density at radius 2 is 2.24 bits per heavy atom. The van der Waals surface area contributed by atoms with Gasteiger partial charge in [-0.25, -0.2) is 0 Å². The standard InChI is InChI=1S/C12H12N2O3/c15-11(12(16)6-17-7-12)14-9-2-1-8-3-4-13-10(8)5-9/h1-5,13,16H,6-7H2,(H,14,15). The van der Waals surface area contributed by atoms with Crippen LogP contribution in [-0.4, -0.2) is 34.8 Å². The molecule has 1 aliphatic rings. The van der Waals surface area contributed by atoms with Crippen LogP contribution in [0.4, 0.5) is 5.69 Å². The zero-order chi connectivity index (χ0) is 11.9. The smallest absolute Gasteiger partial charge is 0.261 e. The van der Waals surface area contributed by atoms with Gasteiger partial charge in [0.05, 0.1) is 13.2 Å². The molecule has 88 valence electrons. The van der Waals surface area contributed by atoms with Crippen LogP contribution in [0.3, 0.4) is 0 Å². The second-order valence-electron chi connectivity index (χ2n) is 4.26. The number of ether oxygens (including phenoxy) is 1. The second kappa shape index (κ2) is 3.58. The number of hydrogen-bond donors (Lipinski definition) is 3. The molecule has 1 saturated heterocycles. The Kier molecular flexibility index (Phi) is 2.17. The van der Waals surface area contributed by atoms with Gasteiger partial charge >= 0.3 is 0 Å². The van der Waals surface area contributed by atoms with E-state index >= 15 is 0 Å². The molecule has 0 unspecified atom stereocenters. The van der Waals surface area contributed by atoms with Gasteiger partial charge in [-0.1, -0.05) is 6.07 Å². The summed E-state index contributed by atoms with van der Waals surface area (Å²) in [5.41, 5.74) is 0.231. The number of rotatable bonds is 2. The van der Waals surface area contributed by atoms with Gasteiger partial charge in [0.2, 0.25) is 0 Å². The maximum absolute atomic E-state index is 11.7. The molecule has 2 aromatic rings. The first-order valence-corrected chi connectivity index (χ1v) is 5.36. The van der Waals surface area contributed by atoms with E-state index in [0.717, 1.165) is 10.9 Å². The van der Waals surface area contributed by atoms with Crippen LogP contribution in [0.25, 0.3) is 10.9 Å². The molecule has 0 spiro atoms. The molecule has 5 heteroatoms. The molecule has 3 rings (SSSR count). The van der Waals surface area contributed by atoms with Crippen LogP contribution in [0, 0.1) is 0 Å². The van der Waals surface area contributed by atoms with Crippen molar-refractivity contribution < 1.29 is 14.6 Å². The van der Waals surface area contributed by atoms with Gasteiger partial charge in [-0.05, 0) is 23.6 Å². The van der Waals surface area contributed by atoms with Crippen LogP contribution in [0.1, 0.15) is 0 Å². The highest BCUT2D eigenvalue weighted by atomic mass is 16.5. The number of benzene rings is 1. The predicted octanol–water partition coefficient (Wildman–Crippen LogP) is 0.868. The van der Waals surface area contributed by atoms with Gasteiger partial charge < -0.3 is 20.1 Å². The van der Waals surface area contributed by atoms with Crippen molar-refractivity contribution in [3.8, 4) is 0 Å². The monoisotopic (exact) mass is 232 g/mol. The van der Waals surface area contributed by atoms with Gasteiger partial charge in [0.15, 0.2) is 5.60 Å². The number of aliphatic hydroxyl groups is 1. The zero-order valence-electron chi connectivity index (χ0n) is 9.06. The van der Waals surface area contributed by atoms with E-state index in [1.807, 2.05) is 24.4 Å². The molecule has 0 bridgehead atoms. The van der Waals surface area contributed by atoms with Crippen molar-refractivity contribution >= 4 is 22.5 Å². The van der Waals surface area contributed by atoms with E-state index in [1.54, 1.807) is 6.07 Å². The molecule has 17 heavy (non-hydrogen) atoms. The average Bonchev–Trinajstić information content (AvgIpc) is 2.73. The SMILES string of the molecule is O=C(Nc1ccc2cc[nH]c2c1)C1(O)COC1. The molecule has 0 aliphatic carbocycles. The fourth-order valence-electron chi connectivity index (χ4n) is 1.80. The van der Waals surface area contributed by atoms with Crippen LogP contribution in [0.5, 0.6) is 0 Å². The summed E-state index contributed by atoms with van der Waals surface area (Å²) in [6, 6.07) is 7.49. The molecule has 1 amide bonds. The normalized spacial score (nSPS) is 17.7. The number of carbonyl (C=O) groups is 1. The third-order valence-corrected chi connectivity index (χ3v) is 2.92. The summed E-state index contributed by atoms with van der Waals surface area (Å²) in [5, 5.41) is 13.5. The molecule has 0 radical (unpaired) electrons. The van der Waals surface area contributed by atoms with Crippen molar-refractivity contribution in [1.29, 1.82) is 0 Å². The summed E-state index contributed by atoms with van der Waals surface area (Å²) in [6.45, 7) is 0.118. The highest BCUT2D eigenvalue weighted by molar-refractivity contribution is 5.99. The lowest BCUT2D eigenvalue weighted by Crippen LogP contribution is -2.58. The molecule has 1 aliphatic heterocycles. The molecule has 0 atom stereocenters. The molecule has 2 heterocycles. The number of fused-ring (bicyclic) bond motifs is 1. The Balaban J connectivity index is 1.82. The maximum atomic E-state index is 11.7. The number of carbonyl (C=O) groups excluding carboxylic acids is 1. The van der Waals surface area contributed by atoms with Gasteiger partial charge in [-0.2, -0.15) is 0 Å². The summed E-state index contributed by atoms with van der Waals surface area (Å²) in [7, 11) is 0. The lowest BCUT2D eigenvalue weighted by molar-refractivity contribution is -0.185. The van der Waals surface area contributed by atoms with Crippen molar-refractivity contribution in [1.82, 2.24) is 4.98 Å². The first-order valence-electron chi connectivity index (χ1n) is 5.36. The number of aromatic nitrogens is 1. The molecule has 1 aromatic carbocycles. The number of aromatic amines is 1. The molecule has 5 nitrogen and oxygen atoms in total. The first-order chi connectivity index (χ1) is 8.17. The Morgan fingerprint density at radius 3 is 2.94 bits per heavy atom. The van der Waals surface area contributed by atoms with Crippen LogP contribution < -0.4 is 5.32 Å². The molecule has 0 saturated carbocycles. The van der Waals surface area contributed by atoms with Crippen molar-refractivity contribution in [3.63, 3.8) is 0 Å². The average molecular weight is 232 g/mol. The number of nitrogens with one attached hydrogen (secondary N) is 2. The van der Waals surface area contributed by atoms with E-state index in [2.05, 4.69) is 10.3 Å². The third-order valence-electron chi connectivity index (χ3n) is 2.92. The Labute approximate surface area is 97.4 Å². The van der Waals surface area contributed by atoms with Gasteiger partial charge in [0, 0.05) is 17.4 Å². The van der Waals surface area contributed by atoms with Gasteiger partial charge in [-0.15, -0.1) is 0 Å². The van der Waals surface area contributed by atoms with Gasteiger partial charge in [0.1, 0.15) is 0 Å². The minimum Gasteiger partial charge on any atom is -0.376 e. The molecular formula is C12H12N2O3. The van der Waals surface area contributed by atoms with Crippen LogP contribution in [0.2, 0.25) is 0 Å². The van der Waals surface area contributed by atoms with E-state index in [9.17, 15) is 9.90 Å². The van der Waals surface area contributed by atoms with E-state index < -0.39 is 11.5 Å². The Hall–Kier alpha value is -1.85.